The van der Waals surface area contributed by atoms with Crippen LogP contribution in [0, 0.1) is 0 Å². The number of aliphatic imine (C=N–C) groups is 1. The van der Waals surface area contributed by atoms with Crippen molar-refractivity contribution in [2.45, 2.75) is 18.6 Å². The van der Waals surface area contributed by atoms with Gasteiger partial charge in [0.05, 0.1) is 19.9 Å². The zero-order valence-corrected chi connectivity index (χ0v) is 13.8. The quantitative estimate of drug-likeness (QED) is 0.745. The number of carbonyl (C=O) groups is 3. The van der Waals surface area contributed by atoms with Crippen LogP contribution in [0.5, 0.6) is 0 Å². The summed E-state index contributed by atoms with van der Waals surface area (Å²) in [7, 11) is 2.77. The van der Waals surface area contributed by atoms with Gasteiger partial charge in [0.25, 0.3) is 5.91 Å². The summed E-state index contributed by atoms with van der Waals surface area (Å²) < 4.78 is 4.60. The second-order valence-corrected chi connectivity index (χ2v) is 5.71. The van der Waals surface area contributed by atoms with E-state index in [2.05, 4.69) is 25.0 Å². The number of aromatic nitrogens is 2. The molecule has 1 atom stereocenters. The lowest BCUT2D eigenvalue weighted by Gasteiger charge is -2.12. The van der Waals surface area contributed by atoms with Crippen molar-refractivity contribution in [3.05, 3.63) is 12.0 Å². The Morgan fingerprint density at radius 2 is 2.30 bits per heavy atom. The Balaban J connectivity index is 2.28. The number of thioether (sulfide) groups is 1. The van der Waals surface area contributed by atoms with Crippen LogP contribution < -0.4 is 5.32 Å². The van der Waals surface area contributed by atoms with Gasteiger partial charge in [0.15, 0.2) is 16.7 Å². The molecule has 124 valence electrons. The lowest BCUT2D eigenvalue weighted by atomic mass is 10.3. The van der Waals surface area contributed by atoms with Crippen LogP contribution in [0.1, 0.15) is 23.8 Å². The minimum absolute atomic E-state index is 0.0294. The number of imidazole rings is 1. The van der Waals surface area contributed by atoms with Gasteiger partial charge in [-0.15, -0.1) is 0 Å². The number of hydrogen-bond donors (Lipinski definition) is 2. The molecule has 0 aliphatic carbocycles. The van der Waals surface area contributed by atoms with E-state index in [1.54, 1.807) is 6.92 Å². The molecule has 0 saturated carbocycles. The average Bonchev–Trinajstić information content (AvgIpc) is 3.12. The van der Waals surface area contributed by atoms with Gasteiger partial charge in [0, 0.05) is 13.6 Å². The maximum Gasteiger partial charge on any atom is 0.307 e. The molecular formula is C13H17N5O4S. The first-order chi connectivity index (χ1) is 11.0. The molecule has 0 bridgehead atoms. The number of nitrogens with zero attached hydrogens (tertiary/aromatic N) is 3. The molecule has 0 spiro atoms. The minimum atomic E-state index is -0.580. The first kappa shape index (κ1) is 17.0. The number of amidine groups is 1. The Bertz CT molecular complexity index is 657. The second-order valence-electron chi connectivity index (χ2n) is 4.54. The van der Waals surface area contributed by atoms with Crippen molar-refractivity contribution in [3.8, 4) is 0 Å². The Morgan fingerprint density at radius 1 is 1.57 bits per heavy atom. The van der Waals surface area contributed by atoms with Gasteiger partial charge in [0.2, 0.25) is 5.91 Å². The smallest absolute Gasteiger partial charge is 0.307 e. The summed E-state index contributed by atoms with van der Waals surface area (Å²) in [5.41, 5.74) is 0.209. The molecule has 2 heterocycles. The van der Waals surface area contributed by atoms with Crippen LogP contribution in [0.15, 0.2) is 11.3 Å². The number of nitrogens with one attached hydrogen (secondary N) is 2. The predicted molar refractivity (Wildman–Crippen MR) is 84.5 cm³/mol. The first-order valence-electron chi connectivity index (χ1n) is 6.90. The standard InChI is InChI=1S/C13H17N5O4S/c1-4-18-12(21)7(5-8(19)22-3)23-13(18)17-10-9(11(20)14-2)15-6-16-10/h6-7H,4-5H2,1-3H3,(H,14,20)(H,15,16). The van der Waals surface area contributed by atoms with Crippen LogP contribution in [0.25, 0.3) is 0 Å². The van der Waals surface area contributed by atoms with Gasteiger partial charge in [-0.05, 0) is 6.92 Å². The fourth-order valence-electron chi connectivity index (χ4n) is 2.01. The van der Waals surface area contributed by atoms with E-state index < -0.39 is 11.2 Å². The summed E-state index contributed by atoms with van der Waals surface area (Å²) in [6.45, 7) is 2.21. The van der Waals surface area contributed by atoms with E-state index >= 15 is 0 Å². The number of ether oxygens (including phenoxy) is 1. The van der Waals surface area contributed by atoms with Crippen LogP contribution in [-0.2, 0) is 14.3 Å². The fraction of sp³-hybridized carbons (Fsp3) is 0.462. The van der Waals surface area contributed by atoms with E-state index in [0.29, 0.717) is 11.7 Å². The third-order valence-electron chi connectivity index (χ3n) is 3.19. The van der Waals surface area contributed by atoms with E-state index in [1.807, 2.05) is 0 Å². The Labute approximate surface area is 136 Å². The Hall–Kier alpha value is -2.36. The number of H-pyrrole nitrogens is 1. The molecule has 0 radical (unpaired) electrons. The number of aromatic amines is 1. The molecule has 1 aliphatic heterocycles. The summed E-state index contributed by atoms with van der Waals surface area (Å²) >= 11 is 1.16. The van der Waals surface area contributed by atoms with Crippen molar-refractivity contribution < 1.29 is 19.1 Å². The lowest BCUT2D eigenvalue weighted by Crippen LogP contribution is -2.32. The van der Waals surface area contributed by atoms with Crippen LogP contribution in [0.3, 0.4) is 0 Å². The highest BCUT2D eigenvalue weighted by atomic mass is 32.2. The van der Waals surface area contributed by atoms with Crippen LogP contribution in [0.4, 0.5) is 5.82 Å². The van der Waals surface area contributed by atoms with E-state index in [4.69, 9.17) is 0 Å². The molecule has 10 heteroatoms. The highest BCUT2D eigenvalue weighted by molar-refractivity contribution is 8.15. The SMILES string of the molecule is CCN1C(=O)C(CC(=O)OC)SC1=Nc1nc[nH]c1C(=O)NC. The van der Waals surface area contributed by atoms with Crippen LogP contribution in [-0.4, -0.2) is 63.8 Å². The van der Waals surface area contributed by atoms with E-state index in [9.17, 15) is 14.4 Å². The summed E-state index contributed by atoms with van der Waals surface area (Å²) in [6.07, 6.45) is 1.33. The third-order valence-corrected chi connectivity index (χ3v) is 4.37. The number of hydrogen-bond acceptors (Lipinski definition) is 7. The Morgan fingerprint density at radius 3 is 2.91 bits per heavy atom. The average molecular weight is 339 g/mol. The van der Waals surface area contributed by atoms with Gasteiger partial charge >= 0.3 is 5.97 Å². The van der Waals surface area contributed by atoms with Gasteiger partial charge in [-0.25, -0.2) is 9.98 Å². The fourth-order valence-corrected chi connectivity index (χ4v) is 3.19. The number of carbonyl (C=O) groups excluding carboxylic acids is 3. The maximum absolute atomic E-state index is 12.3. The van der Waals surface area contributed by atoms with Crippen LogP contribution in [0.2, 0.25) is 0 Å². The minimum Gasteiger partial charge on any atom is -0.469 e. The largest absolute Gasteiger partial charge is 0.469 e. The highest BCUT2D eigenvalue weighted by Gasteiger charge is 2.38. The molecule has 1 aliphatic rings. The van der Waals surface area contributed by atoms with Crippen molar-refractivity contribution in [1.29, 1.82) is 0 Å². The molecule has 0 aromatic carbocycles. The van der Waals surface area contributed by atoms with Crippen LogP contribution >= 0.6 is 11.8 Å². The predicted octanol–water partition coefficient (Wildman–Crippen LogP) is 0.284. The van der Waals surface area contributed by atoms with Crippen molar-refractivity contribution in [2.24, 2.45) is 4.99 Å². The normalized spacial score (nSPS) is 19.3. The monoisotopic (exact) mass is 339 g/mol. The molecule has 1 fully saturated rings. The third kappa shape index (κ3) is 3.52. The van der Waals surface area contributed by atoms with Crippen molar-refractivity contribution in [2.75, 3.05) is 20.7 Å². The Kier molecular flexibility index (Phi) is 5.37. The molecule has 2 rings (SSSR count). The number of amides is 2. The highest BCUT2D eigenvalue weighted by Crippen LogP contribution is 2.31. The van der Waals surface area contributed by atoms with E-state index in [1.165, 1.54) is 25.4 Å². The summed E-state index contributed by atoms with van der Waals surface area (Å²) in [5, 5.41) is 2.31. The van der Waals surface area contributed by atoms with E-state index in [0.717, 1.165) is 11.8 Å². The van der Waals surface area contributed by atoms with Crippen molar-refractivity contribution >= 4 is 40.5 Å². The molecule has 2 amide bonds. The summed E-state index contributed by atoms with van der Waals surface area (Å²) in [5.74, 6) is -0.834. The van der Waals surface area contributed by atoms with E-state index in [-0.39, 0.29) is 29.7 Å². The molecule has 23 heavy (non-hydrogen) atoms. The number of rotatable bonds is 5. The summed E-state index contributed by atoms with van der Waals surface area (Å²) in [4.78, 5) is 47.9. The molecule has 2 N–H and O–H groups in total. The summed E-state index contributed by atoms with van der Waals surface area (Å²) in [6, 6.07) is 0. The number of esters is 1. The first-order valence-corrected chi connectivity index (χ1v) is 7.78. The van der Waals surface area contributed by atoms with Gasteiger partial charge in [0.1, 0.15) is 5.25 Å². The van der Waals surface area contributed by atoms with Gasteiger partial charge < -0.3 is 15.0 Å². The second kappa shape index (κ2) is 7.27. The topological polar surface area (TPSA) is 117 Å². The molecule has 9 nitrogen and oxygen atoms in total. The number of methoxy groups -OCH3 is 1. The molecule has 1 saturated heterocycles. The zero-order valence-electron chi connectivity index (χ0n) is 13.0. The molecule has 1 aromatic rings. The van der Waals surface area contributed by atoms with Crippen molar-refractivity contribution in [3.63, 3.8) is 0 Å². The lowest BCUT2D eigenvalue weighted by molar-refractivity contribution is -0.142. The van der Waals surface area contributed by atoms with Gasteiger partial charge in [-0.2, -0.15) is 0 Å². The van der Waals surface area contributed by atoms with Crippen molar-refractivity contribution in [1.82, 2.24) is 20.2 Å². The van der Waals surface area contributed by atoms with Gasteiger partial charge in [-0.3, -0.25) is 19.3 Å². The molecule has 1 aromatic heterocycles. The molecular weight excluding hydrogens is 322 g/mol. The maximum atomic E-state index is 12.3. The molecule has 1 unspecified atom stereocenters. The van der Waals surface area contributed by atoms with Gasteiger partial charge in [-0.1, -0.05) is 11.8 Å². The zero-order chi connectivity index (χ0) is 17.0.